The molecule has 1 aromatic rings. The van der Waals surface area contributed by atoms with Gasteiger partial charge in [-0.1, -0.05) is 0 Å². The summed E-state index contributed by atoms with van der Waals surface area (Å²) in [5, 5.41) is 3.32. The quantitative estimate of drug-likeness (QED) is 0.769. The standard InChI is InChI=1S/C11H19N3O/c1-4-15-11(2,3)8-12-5-10-6-13-9-14-7-10/h6-7,9,12H,4-5,8H2,1-3H3. The summed E-state index contributed by atoms with van der Waals surface area (Å²) in [6.07, 6.45) is 5.16. The van der Waals surface area contributed by atoms with Gasteiger partial charge in [-0.2, -0.15) is 0 Å². The summed E-state index contributed by atoms with van der Waals surface area (Å²) in [6, 6.07) is 0. The Hall–Kier alpha value is -1.00. The van der Waals surface area contributed by atoms with E-state index in [2.05, 4.69) is 29.1 Å². The molecule has 1 heterocycles. The molecule has 1 rings (SSSR count). The average molecular weight is 209 g/mol. The van der Waals surface area contributed by atoms with Crippen LogP contribution in [0.1, 0.15) is 26.3 Å². The summed E-state index contributed by atoms with van der Waals surface area (Å²) in [7, 11) is 0. The van der Waals surface area contributed by atoms with Crippen LogP contribution < -0.4 is 5.32 Å². The van der Waals surface area contributed by atoms with E-state index in [0.29, 0.717) is 0 Å². The van der Waals surface area contributed by atoms with Crippen LogP contribution in [0.2, 0.25) is 0 Å². The molecule has 0 aliphatic heterocycles. The number of rotatable bonds is 6. The van der Waals surface area contributed by atoms with Crippen molar-refractivity contribution in [1.82, 2.24) is 15.3 Å². The van der Waals surface area contributed by atoms with Gasteiger partial charge in [-0.3, -0.25) is 0 Å². The summed E-state index contributed by atoms with van der Waals surface area (Å²) < 4.78 is 5.57. The lowest BCUT2D eigenvalue weighted by atomic mass is 10.1. The molecule has 1 aromatic heterocycles. The Labute approximate surface area is 91.1 Å². The molecule has 0 saturated heterocycles. The molecule has 15 heavy (non-hydrogen) atoms. The van der Waals surface area contributed by atoms with Crippen molar-refractivity contribution in [2.45, 2.75) is 32.9 Å². The Balaban J connectivity index is 2.27. The van der Waals surface area contributed by atoms with Gasteiger partial charge in [-0.05, 0) is 20.8 Å². The third-order valence-corrected chi connectivity index (χ3v) is 2.03. The predicted molar refractivity (Wildman–Crippen MR) is 59.4 cm³/mol. The number of aromatic nitrogens is 2. The summed E-state index contributed by atoms with van der Waals surface area (Å²) in [6.45, 7) is 8.49. The second-order valence-electron chi connectivity index (χ2n) is 4.04. The van der Waals surface area contributed by atoms with E-state index in [4.69, 9.17) is 4.74 Å². The summed E-state index contributed by atoms with van der Waals surface area (Å²) in [4.78, 5) is 7.91. The van der Waals surface area contributed by atoms with Gasteiger partial charge in [0.25, 0.3) is 0 Å². The number of hydrogen-bond donors (Lipinski definition) is 1. The number of nitrogens with zero attached hydrogens (tertiary/aromatic N) is 2. The maximum Gasteiger partial charge on any atom is 0.115 e. The minimum Gasteiger partial charge on any atom is -0.375 e. The monoisotopic (exact) mass is 209 g/mol. The zero-order valence-electron chi connectivity index (χ0n) is 9.66. The molecular weight excluding hydrogens is 190 g/mol. The van der Waals surface area contributed by atoms with E-state index in [0.717, 1.165) is 25.3 Å². The molecule has 0 radical (unpaired) electrons. The van der Waals surface area contributed by atoms with Gasteiger partial charge in [0.2, 0.25) is 0 Å². The van der Waals surface area contributed by atoms with Crippen molar-refractivity contribution in [3.8, 4) is 0 Å². The first-order valence-electron chi connectivity index (χ1n) is 5.22. The first kappa shape index (κ1) is 12.1. The number of hydrogen-bond acceptors (Lipinski definition) is 4. The van der Waals surface area contributed by atoms with Gasteiger partial charge in [-0.15, -0.1) is 0 Å². The van der Waals surface area contributed by atoms with Gasteiger partial charge >= 0.3 is 0 Å². The number of ether oxygens (including phenoxy) is 1. The minimum atomic E-state index is -0.121. The van der Waals surface area contributed by atoms with Crippen molar-refractivity contribution < 1.29 is 4.74 Å². The minimum absolute atomic E-state index is 0.121. The van der Waals surface area contributed by atoms with E-state index in [1.165, 1.54) is 6.33 Å². The Morgan fingerprint density at radius 1 is 1.33 bits per heavy atom. The average Bonchev–Trinajstić information content (AvgIpc) is 2.19. The van der Waals surface area contributed by atoms with Crippen molar-refractivity contribution in [3.63, 3.8) is 0 Å². The zero-order valence-corrected chi connectivity index (χ0v) is 9.66. The lowest BCUT2D eigenvalue weighted by molar-refractivity contribution is -0.00898. The van der Waals surface area contributed by atoms with Crippen LogP contribution in [0.3, 0.4) is 0 Å². The van der Waals surface area contributed by atoms with Gasteiger partial charge in [-0.25, -0.2) is 9.97 Å². The molecule has 84 valence electrons. The van der Waals surface area contributed by atoms with Crippen LogP contribution in [0.25, 0.3) is 0 Å². The van der Waals surface area contributed by atoms with E-state index < -0.39 is 0 Å². The Kier molecular flexibility index (Phi) is 4.65. The molecule has 0 bridgehead atoms. The van der Waals surface area contributed by atoms with Crippen molar-refractivity contribution in [2.24, 2.45) is 0 Å². The van der Waals surface area contributed by atoms with Crippen LogP contribution in [-0.4, -0.2) is 28.7 Å². The lowest BCUT2D eigenvalue weighted by Crippen LogP contribution is -2.37. The fourth-order valence-corrected chi connectivity index (χ4v) is 1.37. The van der Waals surface area contributed by atoms with E-state index in [1.807, 2.05) is 19.3 Å². The van der Waals surface area contributed by atoms with Crippen molar-refractivity contribution in [1.29, 1.82) is 0 Å². The highest BCUT2D eigenvalue weighted by molar-refractivity contribution is 5.01. The summed E-state index contributed by atoms with van der Waals surface area (Å²) >= 11 is 0. The lowest BCUT2D eigenvalue weighted by Gasteiger charge is -2.24. The third-order valence-electron chi connectivity index (χ3n) is 2.03. The van der Waals surface area contributed by atoms with Crippen molar-refractivity contribution in [3.05, 3.63) is 24.3 Å². The van der Waals surface area contributed by atoms with Crippen LogP contribution in [0, 0.1) is 0 Å². The van der Waals surface area contributed by atoms with Gasteiger partial charge in [0.1, 0.15) is 6.33 Å². The van der Waals surface area contributed by atoms with E-state index in [9.17, 15) is 0 Å². The highest BCUT2D eigenvalue weighted by atomic mass is 16.5. The molecule has 0 saturated carbocycles. The first-order valence-corrected chi connectivity index (χ1v) is 5.22. The van der Waals surface area contributed by atoms with Crippen LogP contribution in [0.5, 0.6) is 0 Å². The second kappa shape index (κ2) is 5.78. The van der Waals surface area contributed by atoms with Gasteiger partial charge in [0.05, 0.1) is 5.60 Å². The van der Waals surface area contributed by atoms with Crippen molar-refractivity contribution in [2.75, 3.05) is 13.2 Å². The summed E-state index contributed by atoms with van der Waals surface area (Å²) in [5.74, 6) is 0. The van der Waals surface area contributed by atoms with Crippen molar-refractivity contribution >= 4 is 0 Å². The fourth-order valence-electron chi connectivity index (χ4n) is 1.37. The maximum absolute atomic E-state index is 5.57. The molecule has 0 aliphatic carbocycles. The van der Waals surface area contributed by atoms with Gasteiger partial charge in [0.15, 0.2) is 0 Å². The van der Waals surface area contributed by atoms with Gasteiger partial charge in [0, 0.05) is 37.7 Å². The molecule has 0 aromatic carbocycles. The molecule has 4 heteroatoms. The molecule has 0 spiro atoms. The molecular formula is C11H19N3O. The normalized spacial score (nSPS) is 11.7. The second-order valence-corrected chi connectivity index (χ2v) is 4.04. The van der Waals surface area contributed by atoms with Gasteiger partial charge < -0.3 is 10.1 Å². The van der Waals surface area contributed by atoms with E-state index >= 15 is 0 Å². The smallest absolute Gasteiger partial charge is 0.115 e. The molecule has 0 unspecified atom stereocenters. The molecule has 4 nitrogen and oxygen atoms in total. The maximum atomic E-state index is 5.57. The molecule has 0 fully saturated rings. The van der Waals surface area contributed by atoms with Crippen LogP contribution in [0.15, 0.2) is 18.7 Å². The molecule has 1 N–H and O–H groups in total. The Bertz CT molecular complexity index is 274. The molecule has 0 atom stereocenters. The highest BCUT2D eigenvalue weighted by Crippen LogP contribution is 2.07. The van der Waals surface area contributed by atoms with E-state index in [1.54, 1.807) is 0 Å². The third kappa shape index (κ3) is 4.85. The topological polar surface area (TPSA) is 47.0 Å². The van der Waals surface area contributed by atoms with E-state index in [-0.39, 0.29) is 5.60 Å². The fraction of sp³-hybridized carbons (Fsp3) is 0.636. The zero-order chi connectivity index (χ0) is 11.1. The molecule has 0 amide bonds. The van der Waals surface area contributed by atoms with Crippen LogP contribution >= 0.6 is 0 Å². The SMILES string of the molecule is CCOC(C)(C)CNCc1cncnc1. The Morgan fingerprint density at radius 3 is 2.60 bits per heavy atom. The summed E-state index contributed by atoms with van der Waals surface area (Å²) in [5.41, 5.74) is 0.967. The largest absolute Gasteiger partial charge is 0.375 e. The number of nitrogens with one attached hydrogen (secondary N) is 1. The van der Waals surface area contributed by atoms with Crippen LogP contribution in [0.4, 0.5) is 0 Å². The first-order chi connectivity index (χ1) is 7.14. The Morgan fingerprint density at radius 2 is 2.00 bits per heavy atom. The molecule has 0 aliphatic rings. The predicted octanol–water partition coefficient (Wildman–Crippen LogP) is 1.38. The highest BCUT2D eigenvalue weighted by Gasteiger charge is 2.16. The van der Waals surface area contributed by atoms with Crippen LogP contribution in [-0.2, 0) is 11.3 Å².